The molecule has 0 amide bonds. The zero-order valence-electron chi connectivity index (χ0n) is 12.6. The van der Waals surface area contributed by atoms with Crippen molar-refractivity contribution in [2.45, 2.75) is 24.5 Å². The van der Waals surface area contributed by atoms with Crippen LogP contribution in [0.3, 0.4) is 0 Å². The Kier molecular flexibility index (Phi) is 4.76. The van der Waals surface area contributed by atoms with E-state index in [0.717, 1.165) is 12.3 Å². The Bertz CT molecular complexity index is 779. The maximum atomic E-state index is 12.2. The number of nitrogens with one attached hydrogen (secondary N) is 1. The van der Waals surface area contributed by atoms with Gasteiger partial charge in [0.05, 0.1) is 12.8 Å². The molecule has 8 heteroatoms. The fraction of sp³-hybridized carbons (Fsp3) is 0.267. The first-order valence-electron chi connectivity index (χ1n) is 6.76. The molecule has 0 spiro atoms. The molecule has 23 heavy (non-hydrogen) atoms. The predicted molar refractivity (Wildman–Crippen MR) is 82.0 cm³/mol. The van der Waals surface area contributed by atoms with E-state index in [1.165, 1.54) is 0 Å². The fourth-order valence-corrected chi connectivity index (χ4v) is 3.14. The average Bonchev–Trinajstić information content (AvgIpc) is 2.97. The Balaban J connectivity index is 2.09. The molecule has 1 aromatic heterocycles. The molecule has 1 heterocycles. The van der Waals surface area contributed by atoms with Crippen molar-refractivity contribution < 1.29 is 27.5 Å². The van der Waals surface area contributed by atoms with Gasteiger partial charge in [0.15, 0.2) is 0 Å². The molecule has 0 aliphatic heterocycles. The molecule has 2 rings (SSSR count). The molecule has 1 aromatic carbocycles. The number of sulfonamides is 1. The van der Waals surface area contributed by atoms with Crippen LogP contribution in [0.4, 0.5) is 0 Å². The minimum atomic E-state index is -4.10. The molecule has 0 saturated carbocycles. The maximum absolute atomic E-state index is 12.2. The lowest BCUT2D eigenvalue weighted by Crippen LogP contribution is -2.42. The maximum Gasteiger partial charge on any atom is 0.340 e. The van der Waals surface area contributed by atoms with Crippen molar-refractivity contribution in [2.75, 3.05) is 6.54 Å². The minimum Gasteiger partial charge on any atom is -0.487 e. The summed E-state index contributed by atoms with van der Waals surface area (Å²) in [5.41, 5.74) is -1.26. The minimum absolute atomic E-state index is 0.0655. The standard InChI is InChI=1S/C15H17NO6S/c1-15(2,22-11-6-4-3-5-7-11)10-16-23(19,20)14-12(13(17)18)8-9-21-14/h3-9,16H,10H2,1-2H3,(H,17,18). The molecule has 0 saturated heterocycles. The van der Waals surface area contributed by atoms with Crippen molar-refractivity contribution >= 4 is 16.0 Å². The number of benzene rings is 1. The normalized spacial score (nSPS) is 12.1. The van der Waals surface area contributed by atoms with Crippen molar-refractivity contribution in [1.82, 2.24) is 4.72 Å². The van der Waals surface area contributed by atoms with Crippen LogP contribution in [0.25, 0.3) is 0 Å². The van der Waals surface area contributed by atoms with Crippen LogP contribution < -0.4 is 9.46 Å². The van der Waals surface area contributed by atoms with Crippen LogP contribution in [0.15, 0.2) is 52.2 Å². The van der Waals surface area contributed by atoms with E-state index in [9.17, 15) is 13.2 Å². The highest BCUT2D eigenvalue weighted by Gasteiger charge is 2.29. The third-order valence-electron chi connectivity index (χ3n) is 2.93. The molecule has 124 valence electrons. The number of ether oxygens (including phenoxy) is 1. The molecule has 0 aliphatic carbocycles. The van der Waals surface area contributed by atoms with Crippen LogP contribution in [0.5, 0.6) is 5.75 Å². The van der Waals surface area contributed by atoms with Gasteiger partial charge in [0, 0.05) is 0 Å². The highest BCUT2D eigenvalue weighted by atomic mass is 32.2. The van der Waals surface area contributed by atoms with Crippen LogP contribution >= 0.6 is 0 Å². The van der Waals surface area contributed by atoms with Crippen molar-refractivity contribution in [3.05, 3.63) is 48.2 Å². The summed E-state index contributed by atoms with van der Waals surface area (Å²) in [6.45, 7) is 3.36. The van der Waals surface area contributed by atoms with E-state index in [4.69, 9.17) is 14.3 Å². The van der Waals surface area contributed by atoms with Crippen LogP contribution in [0, 0.1) is 0 Å². The summed E-state index contributed by atoms with van der Waals surface area (Å²) in [4.78, 5) is 11.0. The number of carboxylic acid groups (broad SMARTS) is 1. The summed E-state index contributed by atoms with van der Waals surface area (Å²) in [5.74, 6) is -0.778. The van der Waals surface area contributed by atoms with Gasteiger partial charge in [0.1, 0.15) is 16.9 Å². The molecule has 0 aliphatic rings. The predicted octanol–water partition coefficient (Wildman–Crippen LogP) is 2.11. The lowest BCUT2D eigenvalue weighted by molar-refractivity contribution is 0.0689. The quantitative estimate of drug-likeness (QED) is 0.800. The summed E-state index contributed by atoms with van der Waals surface area (Å²) in [5, 5.41) is 8.34. The smallest absolute Gasteiger partial charge is 0.340 e. The summed E-state index contributed by atoms with van der Waals surface area (Å²) in [7, 11) is -4.10. The number of carboxylic acids is 1. The Morgan fingerprint density at radius 2 is 1.91 bits per heavy atom. The van der Waals surface area contributed by atoms with Crippen molar-refractivity contribution in [3.8, 4) is 5.75 Å². The SMILES string of the molecule is CC(C)(CNS(=O)(=O)c1occc1C(=O)O)Oc1ccccc1. The highest BCUT2D eigenvalue weighted by molar-refractivity contribution is 7.89. The molecule has 0 bridgehead atoms. The Hall–Kier alpha value is -2.32. The second-order valence-corrected chi connectivity index (χ2v) is 7.09. The summed E-state index contributed by atoms with van der Waals surface area (Å²) in [6, 6.07) is 10.0. The lowest BCUT2D eigenvalue weighted by atomic mass is 10.1. The van der Waals surface area contributed by atoms with Crippen molar-refractivity contribution in [1.29, 1.82) is 0 Å². The molecule has 0 fully saturated rings. The fourth-order valence-electron chi connectivity index (χ4n) is 1.84. The highest BCUT2D eigenvalue weighted by Crippen LogP contribution is 2.20. The van der Waals surface area contributed by atoms with Crippen LogP contribution in [0.1, 0.15) is 24.2 Å². The third-order valence-corrected chi connectivity index (χ3v) is 4.26. The van der Waals surface area contributed by atoms with Gasteiger partial charge in [-0.1, -0.05) is 18.2 Å². The molecule has 0 radical (unpaired) electrons. The first kappa shape index (κ1) is 17.0. The van der Waals surface area contributed by atoms with E-state index in [1.54, 1.807) is 38.1 Å². The van der Waals surface area contributed by atoms with E-state index in [0.29, 0.717) is 5.75 Å². The molecule has 2 N–H and O–H groups in total. The van der Waals surface area contributed by atoms with Crippen molar-refractivity contribution in [2.24, 2.45) is 0 Å². The molecular weight excluding hydrogens is 322 g/mol. The van der Waals surface area contributed by atoms with Crippen LogP contribution in [-0.2, 0) is 10.0 Å². The van der Waals surface area contributed by atoms with Crippen LogP contribution in [0.2, 0.25) is 0 Å². The van der Waals surface area contributed by atoms with Gasteiger partial charge in [-0.3, -0.25) is 0 Å². The summed E-state index contributed by atoms with van der Waals surface area (Å²) in [6.07, 6.45) is 1.02. The Labute approximate surface area is 133 Å². The van der Waals surface area contributed by atoms with E-state index in [2.05, 4.69) is 4.72 Å². The van der Waals surface area contributed by atoms with Gasteiger partial charge in [0.25, 0.3) is 10.0 Å². The molecule has 2 aromatic rings. The topological polar surface area (TPSA) is 106 Å². The van der Waals surface area contributed by atoms with Gasteiger partial charge < -0.3 is 14.3 Å². The lowest BCUT2D eigenvalue weighted by Gasteiger charge is -2.26. The zero-order valence-corrected chi connectivity index (χ0v) is 13.5. The van der Waals surface area contributed by atoms with Gasteiger partial charge in [-0.2, -0.15) is 0 Å². The van der Waals surface area contributed by atoms with Gasteiger partial charge in [-0.05, 0) is 32.0 Å². The number of furan rings is 1. The van der Waals surface area contributed by atoms with Crippen molar-refractivity contribution in [3.63, 3.8) is 0 Å². The number of aromatic carboxylic acids is 1. The van der Waals surface area contributed by atoms with Gasteiger partial charge in [-0.25, -0.2) is 17.9 Å². The number of rotatable bonds is 7. The second-order valence-electron chi connectivity index (χ2n) is 5.43. The Morgan fingerprint density at radius 3 is 2.52 bits per heavy atom. The monoisotopic (exact) mass is 339 g/mol. The van der Waals surface area contributed by atoms with E-state index in [1.807, 2.05) is 6.07 Å². The molecule has 0 atom stereocenters. The summed E-state index contributed by atoms with van der Waals surface area (Å²) < 4.78 is 37.2. The zero-order chi connectivity index (χ0) is 17.1. The Morgan fingerprint density at radius 1 is 1.26 bits per heavy atom. The average molecular weight is 339 g/mol. The van der Waals surface area contributed by atoms with Crippen LogP contribution in [-0.4, -0.2) is 31.6 Å². The number of hydrogen-bond acceptors (Lipinski definition) is 5. The number of carbonyl (C=O) groups is 1. The van der Waals surface area contributed by atoms with E-state index < -0.39 is 32.2 Å². The molecular formula is C15H17NO6S. The van der Waals surface area contributed by atoms with Gasteiger partial charge in [-0.15, -0.1) is 0 Å². The molecule has 7 nitrogen and oxygen atoms in total. The van der Waals surface area contributed by atoms with Gasteiger partial charge in [0.2, 0.25) is 5.09 Å². The van der Waals surface area contributed by atoms with E-state index >= 15 is 0 Å². The first-order chi connectivity index (χ1) is 10.7. The van der Waals surface area contributed by atoms with E-state index in [-0.39, 0.29) is 6.54 Å². The first-order valence-corrected chi connectivity index (χ1v) is 8.24. The second kappa shape index (κ2) is 6.43. The number of hydrogen-bond donors (Lipinski definition) is 2. The third kappa shape index (κ3) is 4.33. The number of para-hydroxylation sites is 1. The largest absolute Gasteiger partial charge is 0.487 e. The van der Waals surface area contributed by atoms with Gasteiger partial charge >= 0.3 is 5.97 Å². The molecule has 0 unspecified atom stereocenters. The summed E-state index contributed by atoms with van der Waals surface area (Å²) >= 11 is 0.